The second kappa shape index (κ2) is 9.41. The Morgan fingerprint density at radius 3 is 1.85 bits per heavy atom. The topological polar surface area (TPSA) is 52.6 Å². The Balaban J connectivity index is 2.18. The Bertz CT molecular complexity index is 1030. The van der Waals surface area contributed by atoms with E-state index in [4.69, 9.17) is 9.47 Å². The quantitative estimate of drug-likeness (QED) is 0.272. The molecule has 2 aromatic rings. The highest BCUT2D eigenvalue weighted by Crippen LogP contribution is 2.31. The zero-order valence-electron chi connectivity index (χ0n) is 19.9. The van der Waals surface area contributed by atoms with Gasteiger partial charge in [-0.05, 0) is 95.5 Å². The van der Waals surface area contributed by atoms with Gasteiger partial charge in [-0.2, -0.15) is 13.2 Å². The lowest BCUT2D eigenvalue weighted by molar-refractivity contribution is -0.171. The van der Waals surface area contributed by atoms with Gasteiger partial charge in [-0.1, -0.05) is 18.2 Å². The van der Waals surface area contributed by atoms with Crippen LogP contribution < -0.4 is 4.74 Å². The molecular weight excluding hydrogens is 433 g/mol. The number of rotatable bonds is 6. The van der Waals surface area contributed by atoms with Gasteiger partial charge in [0.05, 0.1) is 5.56 Å². The highest BCUT2D eigenvalue weighted by molar-refractivity contribution is 6.06. The van der Waals surface area contributed by atoms with E-state index in [1.807, 2.05) is 13.8 Å². The summed E-state index contributed by atoms with van der Waals surface area (Å²) in [7, 11) is 0. The highest BCUT2D eigenvalue weighted by Gasteiger charge is 2.35. The molecule has 178 valence electrons. The third-order valence-corrected chi connectivity index (χ3v) is 4.65. The van der Waals surface area contributed by atoms with E-state index in [9.17, 15) is 22.8 Å². The zero-order chi connectivity index (χ0) is 25.2. The smallest absolute Gasteiger partial charge is 0.416 e. The van der Waals surface area contributed by atoms with Crippen molar-refractivity contribution >= 4 is 17.8 Å². The maximum atomic E-state index is 12.7. The summed E-state index contributed by atoms with van der Waals surface area (Å²) in [6.07, 6.45) is -1.56. The van der Waals surface area contributed by atoms with Gasteiger partial charge in [-0.3, -0.25) is 4.79 Å². The summed E-state index contributed by atoms with van der Waals surface area (Å²) < 4.78 is 49.5. The van der Waals surface area contributed by atoms with Crippen LogP contribution in [0.1, 0.15) is 67.2 Å². The van der Waals surface area contributed by atoms with Crippen molar-refractivity contribution in [3.63, 3.8) is 0 Å². The summed E-state index contributed by atoms with van der Waals surface area (Å²) in [6, 6.07) is 7.67. The third kappa shape index (κ3) is 7.20. The van der Waals surface area contributed by atoms with E-state index in [0.717, 1.165) is 35.4 Å². The molecule has 0 unspecified atom stereocenters. The first-order valence-corrected chi connectivity index (χ1v) is 10.4. The molecule has 0 spiro atoms. The molecule has 0 fully saturated rings. The number of allylic oxidation sites excluding steroid dienone is 1. The number of ketones is 1. The number of hydrogen-bond acceptors (Lipinski definition) is 4. The molecule has 2 aromatic carbocycles. The van der Waals surface area contributed by atoms with Crippen LogP contribution >= 0.6 is 0 Å². The summed E-state index contributed by atoms with van der Waals surface area (Å²) in [5.41, 5.74) is -0.269. The Labute approximate surface area is 192 Å². The maximum absolute atomic E-state index is 12.7. The second-order valence-corrected chi connectivity index (χ2v) is 9.37. The van der Waals surface area contributed by atoms with Crippen LogP contribution in [0.4, 0.5) is 13.2 Å². The van der Waals surface area contributed by atoms with Crippen molar-refractivity contribution in [1.82, 2.24) is 0 Å². The van der Waals surface area contributed by atoms with E-state index < -0.39 is 34.7 Å². The van der Waals surface area contributed by atoms with Crippen LogP contribution in [0.2, 0.25) is 0 Å². The molecular formula is C26H29F3O4. The van der Waals surface area contributed by atoms with Gasteiger partial charge < -0.3 is 9.47 Å². The molecule has 0 amide bonds. The molecule has 2 rings (SSSR count). The van der Waals surface area contributed by atoms with Crippen LogP contribution in [0.5, 0.6) is 5.75 Å². The van der Waals surface area contributed by atoms with Gasteiger partial charge in [0.15, 0.2) is 11.4 Å². The maximum Gasteiger partial charge on any atom is 0.416 e. The van der Waals surface area contributed by atoms with Gasteiger partial charge in [0, 0.05) is 5.56 Å². The molecule has 0 aliphatic carbocycles. The summed E-state index contributed by atoms with van der Waals surface area (Å²) >= 11 is 0. The summed E-state index contributed by atoms with van der Waals surface area (Å²) in [5.74, 6) is -0.359. The van der Waals surface area contributed by atoms with Crippen molar-refractivity contribution in [2.45, 2.75) is 65.8 Å². The lowest BCUT2D eigenvalue weighted by Gasteiger charge is -2.30. The van der Waals surface area contributed by atoms with Crippen LogP contribution in [0.25, 0.3) is 6.08 Å². The van der Waals surface area contributed by atoms with Crippen LogP contribution in [0, 0.1) is 13.8 Å². The number of benzene rings is 2. The monoisotopic (exact) mass is 462 g/mol. The number of aryl methyl sites for hydroxylation is 2. The average Bonchev–Trinajstić information content (AvgIpc) is 2.67. The number of carbonyl (C=O) groups excluding carboxylic acids is 2. The van der Waals surface area contributed by atoms with E-state index >= 15 is 0 Å². The fourth-order valence-corrected chi connectivity index (χ4v) is 3.03. The number of hydrogen-bond donors (Lipinski definition) is 0. The van der Waals surface area contributed by atoms with E-state index in [2.05, 4.69) is 0 Å². The van der Waals surface area contributed by atoms with E-state index in [1.54, 1.807) is 52.8 Å². The van der Waals surface area contributed by atoms with Crippen molar-refractivity contribution in [3.8, 4) is 5.75 Å². The molecule has 0 radical (unpaired) electrons. The molecule has 0 aliphatic heterocycles. The predicted molar refractivity (Wildman–Crippen MR) is 121 cm³/mol. The Hall–Kier alpha value is -3.09. The molecule has 0 saturated carbocycles. The van der Waals surface area contributed by atoms with Gasteiger partial charge in [-0.15, -0.1) is 0 Å². The van der Waals surface area contributed by atoms with E-state index in [0.29, 0.717) is 11.3 Å². The molecule has 0 heterocycles. The number of alkyl halides is 3. The fourth-order valence-electron chi connectivity index (χ4n) is 3.03. The SMILES string of the molecule is Cc1cc(/C=C/C(=O)c2ccc(C(F)(F)F)cc2)cc(C)c1OC(C)(C)C(=O)OC(C)(C)C. The van der Waals surface area contributed by atoms with Crippen molar-refractivity contribution in [2.75, 3.05) is 0 Å². The first-order chi connectivity index (χ1) is 15.0. The van der Waals surface area contributed by atoms with Crippen LogP contribution in [0.15, 0.2) is 42.5 Å². The lowest BCUT2D eigenvalue weighted by atomic mass is 10.0. The van der Waals surface area contributed by atoms with Gasteiger partial charge in [0.2, 0.25) is 0 Å². The highest BCUT2D eigenvalue weighted by atomic mass is 19.4. The minimum absolute atomic E-state index is 0.159. The first kappa shape index (κ1) is 26.2. The molecule has 0 saturated heterocycles. The van der Waals surface area contributed by atoms with Crippen molar-refractivity contribution in [2.24, 2.45) is 0 Å². The van der Waals surface area contributed by atoms with E-state index in [1.165, 1.54) is 6.08 Å². The summed E-state index contributed by atoms with van der Waals surface area (Å²) in [4.78, 5) is 24.9. The Kier molecular flexibility index (Phi) is 7.46. The molecule has 33 heavy (non-hydrogen) atoms. The standard InChI is InChI=1S/C26H29F3O4/c1-16-14-18(8-13-21(30)19-9-11-20(12-10-19)26(27,28)29)15-17(2)22(16)32-25(6,7)23(31)33-24(3,4)5/h8-15H,1-7H3/b13-8+. The number of halogens is 3. The first-order valence-electron chi connectivity index (χ1n) is 10.4. The minimum atomic E-state index is -4.45. The number of carbonyl (C=O) groups is 2. The zero-order valence-corrected chi connectivity index (χ0v) is 19.9. The normalized spacial score (nSPS) is 12.7. The molecule has 0 N–H and O–H groups in total. The molecule has 0 bridgehead atoms. The van der Waals surface area contributed by atoms with Crippen LogP contribution in [0.3, 0.4) is 0 Å². The third-order valence-electron chi connectivity index (χ3n) is 4.65. The number of ether oxygens (including phenoxy) is 2. The molecule has 7 heteroatoms. The molecule has 0 atom stereocenters. The largest absolute Gasteiger partial charge is 0.476 e. The lowest BCUT2D eigenvalue weighted by Crippen LogP contribution is -2.43. The molecule has 0 aliphatic rings. The Morgan fingerprint density at radius 2 is 1.39 bits per heavy atom. The van der Waals surface area contributed by atoms with Crippen LogP contribution in [-0.4, -0.2) is 23.0 Å². The van der Waals surface area contributed by atoms with Crippen molar-refractivity contribution < 1.29 is 32.2 Å². The van der Waals surface area contributed by atoms with Gasteiger partial charge in [0.1, 0.15) is 11.4 Å². The predicted octanol–water partition coefficient (Wildman–Crippen LogP) is 6.72. The van der Waals surface area contributed by atoms with Crippen molar-refractivity contribution in [3.05, 3.63) is 70.3 Å². The average molecular weight is 463 g/mol. The second-order valence-electron chi connectivity index (χ2n) is 9.37. The summed E-state index contributed by atoms with van der Waals surface area (Å²) in [6.45, 7) is 12.3. The molecule has 0 aromatic heterocycles. The Morgan fingerprint density at radius 1 is 0.879 bits per heavy atom. The summed E-state index contributed by atoms with van der Waals surface area (Å²) in [5, 5.41) is 0. The van der Waals surface area contributed by atoms with Gasteiger partial charge in [-0.25, -0.2) is 4.79 Å². The van der Waals surface area contributed by atoms with Crippen molar-refractivity contribution in [1.29, 1.82) is 0 Å². The van der Waals surface area contributed by atoms with Crippen LogP contribution in [-0.2, 0) is 15.7 Å². The minimum Gasteiger partial charge on any atom is -0.476 e. The van der Waals surface area contributed by atoms with E-state index in [-0.39, 0.29) is 5.56 Å². The fraction of sp³-hybridized carbons (Fsp3) is 0.385. The number of esters is 1. The molecule has 4 nitrogen and oxygen atoms in total. The van der Waals surface area contributed by atoms with Gasteiger partial charge in [0.25, 0.3) is 0 Å². The van der Waals surface area contributed by atoms with Gasteiger partial charge >= 0.3 is 12.1 Å².